The van der Waals surface area contributed by atoms with Gasteiger partial charge in [-0.1, -0.05) is 38.3 Å². The third-order valence-corrected chi connectivity index (χ3v) is 4.96. The summed E-state index contributed by atoms with van der Waals surface area (Å²) in [6.45, 7) is 8.01. The van der Waals surface area contributed by atoms with Crippen LogP contribution in [0.2, 0.25) is 0 Å². The third kappa shape index (κ3) is 5.81. The Hall–Kier alpha value is -2.89. The first-order valence-corrected chi connectivity index (χ1v) is 10.3. The third-order valence-electron chi connectivity index (χ3n) is 4.96. The maximum atomic E-state index is 13.0. The molecule has 1 atom stereocenters. The van der Waals surface area contributed by atoms with Gasteiger partial charge in [-0.15, -0.1) is 0 Å². The first-order chi connectivity index (χ1) is 14.1. The van der Waals surface area contributed by atoms with Crippen LogP contribution >= 0.6 is 0 Å². The van der Waals surface area contributed by atoms with E-state index in [1.165, 1.54) is 0 Å². The molecular weight excluding hydrogens is 384 g/mol. The van der Waals surface area contributed by atoms with Gasteiger partial charge in [-0.05, 0) is 44.4 Å². The van der Waals surface area contributed by atoms with Crippen molar-refractivity contribution in [2.75, 3.05) is 0 Å². The van der Waals surface area contributed by atoms with Crippen LogP contribution in [-0.2, 0) is 9.53 Å². The molecule has 30 heavy (non-hydrogen) atoms. The minimum Gasteiger partial charge on any atom is -0.507 e. The summed E-state index contributed by atoms with van der Waals surface area (Å²) >= 11 is 0. The number of allylic oxidation sites excluding steroid dienone is 2. The van der Waals surface area contributed by atoms with Gasteiger partial charge in [0.05, 0.1) is 11.1 Å². The number of phenolic OH excluding ortho intramolecular Hbond substituents is 2. The number of Topliss-reactive ketones (excluding diaryl/α,β-unsaturated/α-hetero) is 1. The van der Waals surface area contributed by atoms with Gasteiger partial charge in [0.2, 0.25) is 0 Å². The molecule has 1 aliphatic rings. The van der Waals surface area contributed by atoms with Gasteiger partial charge in [0.15, 0.2) is 11.6 Å². The Morgan fingerprint density at radius 1 is 1.07 bits per heavy atom. The molecule has 1 unspecified atom stereocenters. The summed E-state index contributed by atoms with van der Waals surface area (Å²) in [5.74, 6) is -1.88. The van der Waals surface area contributed by atoms with Gasteiger partial charge in [-0.2, -0.15) is 0 Å². The summed E-state index contributed by atoms with van der Waals surface area (Å²) in [5, 5.41) is 20.1. The monoisotopic (exact) mass is 414 g/mol. The molecular formula is C24H30O6. The van der Waals surface area contributed by atoms with Crippen molar-refractivity contribution in [3.05, 3.63) is 46.6 Å². The molecule has 0 spiro atoms. The van der Waals surface area contributed by atoms with E-state index in [-0.39, 0.29) is 35.3 Å². The number of unbranched alkanes of at least 4 members (excludes halogenated alkanes) is 1. The average molecular weight is 414 g/mol. The number of ketones is 2. The molecule has 6 heteroatoms. The summed E-state index contributed by atoms with van der Waals surface area (Å²) in [5.41, 5.74) is 0.489. The molecule has 2 rings (SSSR count). The van der Waals surface area contributed by atoms with E-state index in [0.29, 0.717) is 12.3 Å². The predicted octanol–water partition coefficient (Wildman–Crippen LogP) is 4.89. The van der Waals surface area contributed by atoms with Crippen LogP contribution in [-0.4, -0.2) is 33.9 Å². The number of aromatic hydroxyl groups is 2. The predicted molar refractivity (Wildman–Crippen MR) is 114 cm³/mol. The van der Waals surface area contributed by atoms with Crippen molar-refractivity contribution in [2.24, 2.45) is 5.92 Å². The summed E-state index contributed by atoms with van der Waals surface area (Å²) < 4.78 is 5.58. The van der Waals surface area contributed by atoms with Crippen LogP contribution in [0.5, 0.6) is 11.5 Å². The molecule has 1 aliphatic carbocycles. The molecule has 1 aromatic rings. The van der Waals surface area contributed by atoms with Gasteiger partial charge in [0, 0.05) is 18.4 Å². The second-order valence-electron chi connectivity index (χ2n) is 8.28. The van der Waals surface area contributed by atoms with E-state index in [0.717, 1.165) is 36.6 Å². The number of rotatable bonds is 9. The second kappa shape index (κ2) is 10.2. The van der Waals surface area contributed by atoms with Crippen LogP contribution < -0.4 is 0 Å². The zero-order valence-corrected chi connectivity index (χ0v) is 18.0. The van der Waals surface area contributed by atoms with Gasteiger partial charge in [-0.3, -0.25) is 14.4 Å². The number of carbonyl (C=O) groups is 3. The molecule has 0 saturated carbocycles. The molecule has 0 bridgehead atoms. The van der Waals surface area contributed by atoms with Crippen molar-refractivity contribution in [1.82, 2.24) is 0 Å². The van der Waals surface area contributed by atoms with Crippen LogP contribution in [0.1, 0.15) is 80.5 Å². The van der Waals surface area contributed by atoms with Crippen LogP contribution in [0.25, 0.3) is 0 Å². The number of hydrogen-bond donors (Lipinski definition) is 2. The molecule has 0 heterocycles. The first-order valence-electron chi connectivity index (χ1n) is 10.3. The smallest absolute Gasteiger partial charge is 0.306 e. The molecule has 2 N–H and O–H groups in total. The van der Waals surface area contributed by atoms with Crippen molar-refractivity contribution in [2.45, 2.75) is 65.9 Å². The number of esters is 1. The van der Waals surface area contributed by atoms with E-state index in [4.69, 9.17) is 4.74 Å². The minimum atomic E-state index is -0.941. The summed E-state index contributed by atoms with van der Waals surface area (Å²) in [4.78, 5) is 38.0. The van der Waals surface area contributed by atoms with Crippen molar-refractivity contribution in [3.63, 3.8) is 0 Å². The standard InChI is InChI=1S/C24H30O6/c1-14(2)7-5-6-8-21(28)30-20(12-9-15(3)4)16-13-19(27)22-17(25)10-11-18(26)23(22)24(16)29/h9-11,13-14,20,25-26H,5-8,12H2,1-4H3. The maximum absolute atomic E-state index is 13.0. The summed E-state index contributed by atoms with van der Waals surface area (Å²) in [6, 6.07) is 2.32. The van der Waals surface area contributed by atoms with E-state index in [1.54, 1.807) is 0 Å². The summed E-state index contributed by atoms with van der Waals surface area (Å²) in [6.07, 6.45) is 5.07. The van der Waals surface area contributed by atoms with E-state index in [1.807, 2.05) is 19.9 Å². The van der Waals surface area contributed by atoms with Crippen LogP contribution in [0.3, 0.4) is 0 Å². The van der Waals surface area contributed by atoms with Crippen molar-refractivity contribution < 1.29 is 29.3 Å². The lowest BCUT2D eigenvalue weighted by Gasteiger charge is -2.23. The van der Waals surface area contributed by atoms with Gasteiger partial charge in [0.25, 0.3) is 0 Å². The highest BCUT2D eigenvalue weighted by atomic mass is 16.5. The van der Waals surface area contributed by atoms with Gasteiger partial charge in [-0.25, -0.2) is 0 Å². The number of hydrogen-bond acceptors (Lipinski definition) is 6. The van der Waals surface area contributed by atoms with Crippen molar-refractivity contribution in [3.8, 4) is 11.5 Å². The largest absolute Gasteiger partial charge is 0.507 e. The fourth-order valence-corrected chi connectivity index (χ4v) is 3.34. The molecule has 6 nitrogen and oxygen atoms in total. The van der Waals surface area contributed by atoms with Gasteiger partial charge < -0.3 is 14.9 Å². The Bertz CT molecular complexity index is 887. The van der Waals surface area contributed by atoms with Crippen LogP contribution in [0, 0.1) is 5.92 Å². The first kappa shape index (κ1) is 23.4. The fourth-order valence-electron chi connectivity index (χ4n) is 3.34. The van der Waals surface area contributed by atoms with E-state index in [2.05, 4.69) is 13.8 Å². The number of benzene rings is 1. The SMILES string of the molecule is CC(C)=CCC(OC(=O)CCCCC(C)C)C1=CC(=O)c2c(O)ccc(O)c2C1=O. The Kier molecular flexibility index (Phi) is 7.98. The summed E-state index contributed by atoms with van der Waals surface area (Å²) in [7, 11) is 0. The van der Waals surface area contributed by atoms with Gasteiger partial charge >= 0.3 is 5.97 Å². The second-order valence-corrected chi connectivity index (χ2v) is 8.28. The van der Waals surface area contributed by atoms with Crippen molar-refractivity contribution in [1.29, 1.82) is 0 Å². The number of ether oxygens (including phenoxy) is 1. The zero-order valence-electron chi connectivity index (χ0n) is 18.0. The van der Waals surface area contributed by atoms with Crippen LogP contribution in [0.4, 0.5) is 0 Å². The number of carbonyl (C=O) groups excluding carboxylic acids is 3. The normalized spacial score (nSPS) is 14.2. The Balaban J connectivity index is 2.25. The molecule has 0 saturated heterocycles. The highest BCUT2D eigenvalue weighted by Gasteiger charge is 2.35. The molecule has 162 valence electrons. The highest BCUT2D eigenvalue weighted by molar-refractivity contribution is 6.27. The molecule has 0 fully saturated rings. The molecule has 0 amide bonds. The van der Waals surface area contributed by atoms with Crippen LogP contribution in [0.15, 0.2) is 35.4 Å². The molecule has 1 aromatic carbocycles. The minimum absolute atomic E-state index is 0.00132. The Labute approximate surface area is 177 Å². The lowest BCUT2D eigenvalue weighted by Crippen LogP contribution is -2.29. The maximum Gasteiger partial charge on any atom is 0.306 e. The Morgan fingerprint density at radius 3 is 2.30 bits per heavy atom. The average Bonchev–Trinajstić information content (AvgIpc) is 2.66. The Morgan fingerprint density at radius 2 is 1.70 bits per heavy atom. The highest BCUT2D eigenvalue weighted by Crippen LogP contribution is 2.36. The number of fused-ring (bicyclic) bond motifs is 1. The lowest BCUT2D eigenvalue weighted by atomic mass is 9.85. The van der Waals surface area contributed by atoms with Gasteiger partial charge in [0.1, 0.15) is 17.6 Å². The van der Waals surface area contributed by atoms with E-state index in [9.17, 15) is 24.6 Å². The molecule has 0 radical (unpaired) electrons. The molecule has 0 aromatic heterocycles. The van der Waals surface area contributed by atoms with E-state index >= 15 is 0 Å². The van der Waals surface area contributed by atoms with Crippen molar-refractivity contribution >= 4 is 17.5 Å². The quantitative estimate of drug-likeness (QED) is 0.258. The van der Waals surface area contributed by atoms with E-state index < -0.39 is 29.4 Å². The molecule has 0 aliphatic heterocycles. The fraction of sp³-hybridized carbons (Fsp3) is 0.458. The number of phenols is 2. The topological polar surface area (TPSA) is 101 Å². The zero-order chi connectivity index (χ0) is 22.4. The lowest BCUT2D eigenvalue weighted by molar-refractivity contribution is -0.147.